The zero-order chi connectivity index (χ0) is 22.1. The molecule has 3 amide bonds. The Morgan fingerprint density at radius 2 is 1.87 bits per heavy atom. The molecule has 0 unspecified atom stereocenters. The lowest BCUT2D eigenvalue weighted by molar-refractivity contribution is -0.133. The minimum atomic E-state index is -0.249. The number of thiophene rings is 1. The summed E-state index contributed by atoms with van der Waals surface area (Å²) in [5.74, 6) is -0.515. The SMILES string of the molecule is CN(CC(=O)Nc1ccc(N2CCOCC2)cc1)C(=O)CCCNC(=O)c1cccs1. The lowest BCUT2D eigenvalue weighted by Gasteiger charge is -2.28. The Labute approximate surface area is 186 Å². The van der Waals surface area contributed by atoms with Crippen molar-refractivity contribution < 1.29 is 19.1 Å². The molecular weight excluding hydrogens is 416 g/mol. The predicted molar refractivity (Wildman–Crippen MR) is 122 cm³/mol. The number of hydrogen-bond donors (Lipinski definition) is 2. The number of likely N-dealkylation sites (N-methyl/N-ethyl adjacent to an activating group) is 1. The molecular formula is C22H28N4O4S. The van der Waals surface area contributed by atoms with E-state index in [9.17, 15) is 14.4 Å². The van der Waals surface area contributed by atoms with Crippen molar-refractivity contribution in [1.82, 2.24) is 10.2 Å². The molecule has 0 bridgehead atoms. The number of amides is 3. The summed E-state index contributed by atoms with van der Waals surface area (Å²) >= 11 is 1.38. The van der Waals surface area contributed by atoms with Crippen LogP contribution in [-0.4, -0.2) is 69.1 Å². The summed E-state index contributed by atoms with van der Waals surface area (Å²) in [5, 5.41) is 7.46. The zero-order valence-corrected chi connectivity index (χ0v) is 18.5. The molecule has 0 aliphatic carbocycles. The molecule has 31 heavy (non-hydrogen) atoms. The van der Waals surface area contributed by atoms with Crippen molar-refractivity contribution >= 4 is 40.4 Å². The summed E-state index contributed by atoms with van der Waals surface area (Å²) in [6.07, 6.45) is 0.785. The standard InChI is InChI=1S/C22H28N4O4S/c1-25(21(28)5-2-10-23-22(29)19-4-3-15-31-19)16-20(27)24-17-6-8-18(9-7-17)26-11-13-30-14-12-26/h3-4,6-9,15H,2,5,10-14,16H2,1H3,(H,23,29)(H,24,27). The van der Waals surface area contributed by atoms with E-state index in [1.807, 2.05) is 35.7 Å². The summed E-state index contributed by atoms with van der Waals surface area (Å²) in [6, 6.07) is 11.2. The van der Waals surface area contributed by atoms with Crippen molar-refractivity contribution in [2.24, 2.45) is 0 Å². The molecule has 1 aromatic carbocycles. The normalized spacial score (nSPS) is 13.5. The van der Waals surface area contributed by atoms with Crippen molar-refractivity contribution in [3.05, 3.63) is 46.7 Å². The Kier molecular flexibility index (Phi) is 8.43. The Morgan fingerprint density at radius 3 is 2.55 bits per heavy atom. The highest BCUT2D eigenvalue weighted by Gasteiger charge is 2.14. The van der Waals surface area contributed by atoms with Crippen LogP contribution in [0.15, 0.2) is 41.8 Å². The van der Waals surface area contributed by atoms with Gasteiger partial charge in [0.05, 0.1) is 24.6 Å². The van der Waals surface area contributed by atoms with Crippen molar-refractivity contribution in [3.63, 3.8) is 0 Å². The summed E-state index contributed by atoms with van der Waals surface area (Å²) in [6.45, 7) is 3.55. The first kappa shape index (κ1) is 22.8. The van der Waals surface area contributed by atoms with Crippen LogP contribution in [0.3, 0.4) is 0 Å². The third kappa shape index (κ3) is 7.08. The number of hydrogen-bond acceptors (Lipinski definition) is 6. The fourth-order valence-corrected chi connectivity index (χ4v) is 3.85. The number of anilines is 2. The molecule has 8 nitrogen and oxygen atoms in total. The molecule has 1 saturated heterocycles. The average molecular weight is 445 g/mol. The van der Waals surface area contributed by atoms with Crippen LogP contribution < -0.4 is 15.5 Å². The van der Waals surface area contributed by atoms with E-state index in [0.29, 0.717) is 23.5 Å². The highest BCUT2D eigenvalue weighted by atomic mass is 32.1. The maximum Gasteiger partial charge on any atom is 0.261 e. The molecule has 1 aliphatic rings. The molecule has 0 spiro atoms. The van der Waals surface area contributed by atoms with Crippen LogP contribution in [0.4, 0.5) is 11.4 Å². The lowest BCUT2D eigenvalue weighted by atomic mass is 10.2. The second kappa shape index (κ2) is 11.5. The molecule has 2 aromatic rings. The zero-order valence-electron chi connectivity index (χ0n) is 17.6. The van der Waals surface area contributed by atoms with Crippen LogP contribution in [0.5, 0.6) is 0 Å². The van der Waals surface area contributed by atoms with Crippen LogP contribution in [-0.2, 0) is 14.3 Å². The number of carbonyl (C=O) groups is 3. The second-order valence-electron chi connectivity index (χ2n) is 7.28. The molecule has 0 atom stereocenters. The highest BCUT2D eigenvalue weighted by Crippen LogP contribution is 2.19. The van der Waals surface area contributed by atoms with Gasteiger partial charge < -0.3 is 25.2 Å². The van der Waals surface area contributed by atoms with Gasteiger partial charge in [-0.25, -0.2) is 0 Å². The van der Waals surface area contributed by atoms with Crippen molar-refractivity contribution in [3.8, 4) is 0 Å². The van der Waals surface area contributed by atoms with Gasteiger partial charge in [0, 0.05) is 44.5 Å². The van der Waals surface area contributed by atoms with E-state index in [-0.39, 0.29) is 30.7 Å². The Balaban J connectivity index is 1.35. The molecule has 0 saturated carbocycles. The molecule has 1 fully saturated rings. The van der Waals surface area contributed by atoms with E-state index in [4.69, 9.17) is 4.74 Å². The van der Waals surface area contributed by atoms with Crippen molar-refractivity contribution in [2.75, 3.05) is 56.7 Å². The molecule has 1 aliphatic heterocycles. The number of nitrogens with one attached hydrogen (secondary N) is 2. The maximum absolute atomic E-state index is 12.3. The van der Waals surface area contributed by atoms with Gasteiger partial charge in [0.1, 0.15) is 0 Å². The average Bonchev–Trinajstić information content (AvgIpc) is 3.32. The van der Waals surface area contributed by atoms with Gasteiger partial charge in [-0.05, 0) is 42.1 Å². The highest BCUT2D eigenvalue weighted by molar-refractivity contribution is 7.12. The molecule has 0 radical (unpaired) electrons. The summed E-state index contributed by atoms with van der Waals surface area (Å²) in [4.78, 5) is 40.7. The smallest absolute Gasteiger partial charge is 0.261 e. The van der Waals surface area contributed by atoms with E-state index < -0.39 is 0 Å². The van der Waals surface area contributed by atoms with Gasteiger partial charge in [-0.1, -0.05) is 6.07 Å². The molecule has 9 heteroatoms. The molecule has 3 rings (SSSR count). The maximum atomic E-state index is 12.3. The van der Waals surface area contributed by atoms with Crippen LogP contribution in [0, 0.1) is 0 Å². The first-order valence-electron chi connectivity index (χ1n) is 10.3. The number of morpholine rings is 1. The molecule has 1 aromatic heterocycles. The van der Waals surface area contributed by atoms with Gasteiger partial charge in [-0.15, -0.1) is 11.3 Å². The monoisotopic (exact) mass is 444 g/mol. The van der Waals surface area contributed by atoms with Gasteiger partial charge >= 0.3 is 0 Å². The number of benzene rings is 1. The largest absolute Gasteiger partial charge is 0.378 e. The first-order chi connectivity index (χ1) is 15.0. The van der Waals surface area contributed by atoms with Crippen LogP contribution >= 0.6 is 11.3 Å². The number of nitrogens with zero attached hydrogens (tertiary/aromatic N) is 2. The number of rotatable bonds is 9. The Bertz CT molecular complexity index is 864. The van der Waals surface area contributed by atoms with Crippen molar-refractivity contribution in [1.29, 1.82) is 0 Å². The molecule has 166 valence electrons. The third-order valence-corrected chi connectivity index (χ3v) is 5.80. The molecule has 2 N–H and O–H groups in total. The van der Waals surface area contributed by atoms with E-state index in [1.165, 1.54) is 16.2 Å². The summed E-state index contributed by atoms with van der Waals surface area (Å²) < 4.78 is 5.36. The van der Waals surface area contributed by atoms with E-state index >= 15 is 0 Å². The topological polar surface area (TPSA) is 91.0 Å². The van der Waals surface area contributed by atoms with Crippen LogP contribution in [0.25, 0.3) is 0 Å². The minimum Gasteiger partial charge on any atom is -0.378 e. The summed E-state index contributed by atoms with van der Waals surface area (Å²) in [5.41, 5.74) is 1.79. The summed E-state index contributed by atoms with van der Waals surface area (Å²) in [7, 11) is 1.60. The van der Waals surface area contributed by atoms with Gasteiger partial charge in [-0.3, -0.25) is 14.4 Å². The molecule has 2 heterocycles. The fraction of sp³-hybridized carbons (Fsp3) is 0.409. The minimum absolute atomic E-state index is 0.0222. The van der Waals surface area contributed by atoms with E-state index in [2.05, 4.69) is 15.5 Å². The van der Waals surface area contributed by atoms with Gasteiger partial charge in [0.2, 0.25) is 11.8 Å². The fourth-order valence-electron chi connectivity index (χ4n) is 3.21. The van der Waals surface area contributed by atoms with Gasteiger partial charge in [-0.2, -0.15) is 0 Å². The lowest BCUT2D eigenvalue weighted by Crippen LogP contribution is -2.36. The van der Waals surface area contributed by atoms with Crippen LogP contribution in [0.1, 0.15) is 22.5 Å². The third-order valence-electron chi connectivity index (χ3n) is 4.93. The Hall–Kier alpha value is -2.91. The van der Waals surface area contributed by atoms with Crippen molar-refractivity contribution in [2.45, 2.75) is 12.8 Å². The first-order valence-corrected chi connectivity index (χ1v) is 11.2. The number of ether oxygens (including phenoxy) is 1. The van der Waals surface area contributed by atoms with E-state index in [0.717, 1.165) is 32.0 Å². The Morgan fingerprint density at radius 1 is 1.13 bits per heavy atom. The second-order valence-corrected chi connectivity index (χ2v) is 8.23. The van der Waals surface area contributed by atoms with E-state index in [1.54, 1.807) is 13.1 Å². The number of carbonyl (C=O) groups excluding carboxylic acids is 3. The quantitative estimate of drug-likeness (QED) is 0.579. The predicted octanol–water partition coefficient (Wildman–Crippen LogP) is 2.19. The van der Waals surface area contributed by atoms with Gasteiger partial charge in [0.25, 0.3) is 5.91 Å². The van der Waals surface area contributed by atoms with Crippen LogP contribution in [0.2, 0.25) is 0 Å². The van der Waals surface area contributed by atoms with Gasteiger partial charge in [0.15, 0.2) is 0 Å².